The lowest BCUT2D eigenvalue weighted by Gasteiger charge is -2.28. The molecule has 0 radical (unpaired) electrons. The van der Waals surface area contributed by atoms with E-state index in [9.17, 15) is 4.79 Å². The first-order valence-corrected chi connectivity index (χ1v) is 9.90. The fourth-order valence-corrected chi connectivity index (χ4v) is 3.87. The van der Waals surface area contributed by atoms with Gasteiger partial charge in [-0.05, 0) is 38.4 Å². The Morgan fingerprint density at radius 3 is 2.54 bits per heavy atom. The van der Waals surface area contributed by atoms with Gasteiger partial charge < -0.3 is 5.32 Å². The molecule has 4 rings (SSSR count). The molecule has 1 saturated heterocycles. The van der Waals surface area contributed by atoms with Gasteiger partial charge in [0.05, 0.1) is 23.5 Å². The Morgan fingerprint density at radius 2 is 1.82 bits per heavy atom. The fourth-order valence-electron chi connectivity index (χ4n) is 3.87. The standard InChI is InChI=1S/C23H26N4O/c1-17-9-11-18(12-10-17)21(27-13-5-6-14-27)16-24-23(28)20-15-25-26-22(20)19-7-3-2-4-8-19/h2-4,7-12,15,21H,5-6,13-14,16H2,1H3,(H,24,28)(H,25,26). The minimum Gasteiger partial charge on any atom is -0.350 e. The van der Waals surface area contributed by atoms with E-state index in [2.05, 4.69) is 51.6 Å². The molecule has 1 aromatic heterocycles. The van der Waals surface area contributed by atoms with E-state index in [-0.39, 0.29) is 11.9 Å². The molecule has 0 aliphatic carbocycles. The van der Waals surface area contributed by atoms with E-state index >= 15 is 0 Å². The number of aryl methyl sites for hydroxylation is 1. The summed E-state index contributed by atoms with van der Waals surface area (Å²) in [7, 11) is 0. The number of rotatable bonds is 6. The van der Waals surface area contributed by atoms with Crippen molar-refractivity contribution in [3.8, 4) is 11.3 Å². The van der Waals surface area contributed by atoms with Crippen molar-refractivity contribution >= 4 is 5.91 Å². The highest BCUT2D eigenvalue weighted by Crippen LogP contribution is 2.26. The molecular formula is C23H26N4O. The molecule has 2 aromatic carbocycles. The summed E-state index contributed by atoms with van der Waals surface area (Å²) in [5.74, 6) is -0.0936. The number of likely N-dealkylation sites (tertiary alicyclic amines) is 1. The third-order valence-corrected chi connectivity index (χ3v) is 5.45. The number of hydrogen-bond donors (Lipinski definition) is 2. The van der Waals surface area contributed by atoms with E-state index in [1.165, 1.54) is 24.0 Å². The first kappa shape index (κ1) is 18.4. The molecular weight excluding hydrogens is 348 g/mol. The minimum atomic E-state index is -0.0936. The number of aromatic nitrogens is 2. The Hall–Kier alpha value is -2.92. The molecule has 1 aliphatic rings. The number of carbonyl (C=O) groups excluding carboxylic acids is 1. The molecule has 1 amide bonds. The molecule has 2 heterocycles. The summed E-state index contributed by atoms with van der Waals surface area (Å²) >= 11 is 0. The summed E-state index contributed by atoms with van der Waals surface area (Å²) in [6, 6.07) is 18.7. The average Bonchev–Trinajstić information content (AvgIpc) is 3.42. The van der Waals surface area contributed by atoms with Crippen LogP contribution < -0.4 is 5.32 Å². The monoisotopic (exact) mass is 374 g/mol. The van der Waals surface area contributed by atoms with Crippen LogP contribution in [0.2, 0.25) is 0 Å². The van der Waals surface area contributed by atoms with Crippen LogP contribution in [0.15, 0.2) is 60.8 Å². The molecule has 1 aliphatic heterocycles. The van der Waals surface area contributed by atoms with Crippen molar-refractivity contribution in [3.05, 3.63) is 77.5 Å². The van der Waals surface area contributed by atoms with Crippen LogP contribution in [0.25, 0.3) is 11.3 Å². The maximum Gasteiger partial charge on any atom is 0.255 e. The first-order chi connectivity index (χ1) is 13.7. The van der Waals surface area contributed by atoms with E-state index < -0.39 is 0 Å². The molecule has 144 valence electrons. The lowest BCUT2D eigenvalue weighted by atomic mass is 10.0. The van der Waals surface area contributed by atoms with Crippen LogP contribution >= 0.6 is 0 Å². The van der Waals surface area contributed by atoms with Gasteiger partial charge in [-0.15, -0.1) is 0 Å². The van der Waals surface area contributed by atoms with Gasteiger partial charge in [0, 0.05) is 12.1 Å². The highest BCUT2D eigenvalue weighted by molar-refractivity contribution is 5.99. The van der Waals surface area contributed by atoms with Crippen molar-refractivity contribution in [1.82, 2.24) is 20.4 Å². The third-order valence-electron chi connectivity index (χ3n) is 5.45. The number of nitrogens with one attached hydrogen (secondary N) is 2. The van der Waals surface area contributed by atoms with Crippen molar-refractivity contribution < 1.29 is 4.79 Å². The second-order valence-corrected chi connectivity index (χ2v) is 7.40. The number of aromatic amines is 1. The van der Waals surface area contributed by atoms with E-state index in [0.717, 1.165) is 24.3 Å². The van der Waals surface area contributed by atoms with E-state index in [0.29, 0.717) is 12.1 Å². The third kappa shape index (κ3) is 3.99. The second kappa shape index (κ2) is 8.40. The summed E-state index contributed by atoms with van der Waals surface area (Å²) < 4.78 is 0. The summed E-state index contributed by atoms with van der Waals surface area (Å²) in [5.41, 5.74) is 4.79. The topological polar surface area (TPSA) is 61.0 Å². The van der Waals surface area contributed by atoms with Crippen molar-refractivity contribution in [2.24, 2.45) is 0 Å². The van der Waals surface area contributed by atoms with Crippen LogP contribution in [0.5, 0.6) is 0 Å². The van der Waals surface area contributed by atoms with Crippen LogP contribution in [0, 0.1) is 6.92 Å². The van der Waals surface area contributed by atoms with Crippen molar-refractivity contribution in [2.45, 2.75) is 25.8 Å². The molecule has 2 N–H and O–H groups in total. The molecule has 0 spiro atoms. The zero-order valence-electron chi connectivity index (χ0n) is 16.2. The maximum atomic E-state index is 12.9. The van der Waals surface area contributed by atoms with Crippen molar-refractivity contribution in [2.75, 3.05) is 19.6 Å². The van der Waals surface area contributed by atoms with Gasteiger partial charge in [-0.25, -0.2) is 0 Å². The normalized spacial score (nSPS) is 15.5. The van der Waals surface area contributed by atoms with Crippen LogP contribution in [0.3, 0.4) is 0 Å². The van der Waals surface area contributed by atoms with E-state index in [1.807, 2.05) is 30.3 Å². The van der Waals surface area contributed by atoms with E-state index in [1.54, 1.807) is 6.20 Å². The smallest absolute Gasteiger partial charge is 0.255 e. The number of hydrogen-bond acceptors (Lipinski definition) is 3. The zero-order chi connectivity index (χ0) is 19.3. The molecule has 1 fully saturated rings. The SMILES string of the molecule is Cc1ccc(C(CNC(=O)c2cn[nH]c2-c2ccccc2)N2CCCC2)cc1. The number of benzene rings is 2. The number of nitrogens with zero attached hydrogens (tertiary/aromatic N) is 2. The van der Waals surface area contributed by atoms with Crippen LogP contribution in [-0.2, 0) is 0 Å². The molecule has 0 bridgehead atoms. The highest BCUT2D eigenvalue weighted by atomic mass is 16.1. The van der Waals surface area contributed by atoms with Crippen LogP contribution in [0.1, 0.15) is 40.4 Å². The zero-order valence-corrected chi connectivity index (χ0v) is 16.2. The quantitative estimate of drug-likeness (QED) is 0.687. The Bertz CT molecular complexity index is 911. The maximum absolute atomic E-state index is 12.9. The Balaban J connectivity index is 1.51. The van der Waals surface area contributed by atoms with Crippen LogP contribution in [-0.4, -0.2) is 40.6 Å². The Kier molecular flexibility index (Phi) is 5.53. The van der Waals surface area contributed by atoms with Crippen molar-refractivity contribution in [1.29, 1.82) is 0 Å². The highest BCUT2D eigenvalue weighted by Gasteiger charge is 2.25. The predicted molar refractivity (Wildman–Crippen MR) is 111 cm³/mol. The van der Waals surface area contributed by atoms with Gasteiger partial charge in [-0.3, -0.25) is 14.8 Å². The molecule has 5 nitrogen and oxygen atoms in total. The molecule has 0 saturated carbocycles. The predicted octanol–water partition coefficient (Wildman–Crippen LogP) is 3.95. The molecule has 3 aromatic rings. The molecule has 5 heteroatoms. The van der Waals surface area contributed by atoms with Gasteiger partial charge >= 0.3 is 0 Å². The number of carbonyl (C=O) groups is 1. The summed E-state index contributed by atoms with van der Waals surface area (Å²) in [6.07, 6.45) is 4.04. The Labute approximate surface area is 165 Å². The average molecular weight is 374 g/mol. The second-order valence-electron chi connectivity index (χ2n) is 7.40. The minimum absolute atomic E-state index is 0.0936. The van der Waals surface area contributed by atoms with Gasteiger partial charge in [0.2, 0.25) is 0 Å². The van der Waals surface area contributed by atoms with Gasteiger partial charge in [0.15, 0.2) is 0 Å². The molecule has 1 atom stereocenters. The summed E-state index contributed by atoms with van der Waals surface area (Å²) in [5, 5.41) is 10.2. The number of amides is 1. The summed E-state index contributed by atoms with van der Waals surface area (Å²) in [6.45, 7) is 4.84. The van der Waals surface area contributed by atoms with Gasteiger partial charge in [-0.1, -0.05) is 60.2 Å². The number of H-pyrrole nitrogens is 1. The first-order valence-electron chi connectivity index (χ1n) is 9.90. The molecule has 1 unspecified atom stereocenters. The summed E-state index contributed by atoms with van der Waals surface area (Å²) in [4.78, 5) is 15.4. The van der Waals surface area contributed by atoms with Gasteiger partial charge in [0.25, 0.3) is 5.91 Å². The lowest BCUT2D eigenvalue weighted by Crippen LogP contribution is -2.36. The molecule has 28 heavy (non-hydrogen) atoms. The van der Waals surface area contributed by atoms with Gasteiger partial charge in [0.1, 0.15) is 0 Å². The lowest BCUT2D eigenvalue weighted by molar-refractivity contribution is 0.0938. The van der Waals surface area contributed by atoms with E-state index in [4.69, 9.17) is 0 Å². The largest absolute Gasteiger partial charge is 0.350 e. The Morgan fingerprint density at radius 1 is 1.11 bits per heavy atom. The van der Waals surface area contributed by atoms with Crippen LogP contribution in [0.4, 0.5) is 0 Å². The van der Waals surface area contributed by atoms with Gasteiger partial charge in [-0.2, -0.15) is 5.10 Å². The van der Waals surface area contributed by atoms with Crippen molar-refractivity contribution in [3.63, 3.8) is 0 Å². The fraction of sp³-hybridized carbons (Fsp3) is 0.304.